The van der Waals surface area contributed by atoms with E-state index in [2.05, 4.69) is 26.8 Å². The van der Waals surface area contributed by atoms with Gasteiger partial charge in [-0.05, 0) is 99.7 Å². The van der Waals surface area contributed by atoms with Gasteiger partial charge in [0.1, 0.15) is 73.2 Å². The molecule has 0 aromatic heterocycles. The zero-order chi connectivity index (χ0) is 55.4. The standard InChI is InChI=1S/C53H84O22/c1-10-22(2)44(68)75-42-41(65)53(21-56)25(17-48(42,4)5)24-11-12-28-49(6)15-14-30(50(7,20-55)27(49)13-16-51(28,8)52(24,9)18-29(53)57)71-47-39(73-45-35(62)33(60)31(58)23(3)69-45)37(64)38(40(74-47)43(66)67)72-46-36(63)34(61)32(59)26(19-54)70-46/h10-11,23,25-42,45-47,54-65H,12-21H2,1-9H3,(H,66,67)/b22-10-/t23-,25+,26-,27-,28-,29-,30+,31-,32-,33+,34+,35-,36-,37+,38+,39-,40+,41+,42+,45+,46+,47-,49+,50-,51-,52-,53+/m1/s1. The van der Waals surface area contributed by atoms with Gasteiger partial charge in [0.15, 0.2) is 25.0 Å². The molecule has 27 atom stereocenters. The van der Waals surface area contributed by atoms with Gasteiger partial charge in [0.25, 0.3) is 0 Å². The minimum Gasteiger partial charge on any atom is -0.479 e. The van der Waals surface area contributed by atoms with Crippen LogP contribution in [-0.4, -0.2) is 215 Å². The molecule has 0 amide bonds. The van der Waals surface area contributed by atoms with E-state index in [1.165, 1.54) is 6.92 Å². The van der Waals surface area contributed by atoms with E-state index in [4.69, 9.17) is 33.2 Å². The van der Waals surface area contributed by atoms with Crippen molar-refractivity contribution in [3.8, 4) is 0 Å². The fourth-order valence-corrected chi connectivity index (χ4v) is 15.9. The van der Waals surface area contributed by atoms with Crippen LogP contribution in [-0.2, 0) is 42.7 Å². The van der Waals surface area contributed by atoms with Gasteiger partial charge in [-0.15, -0.1) is 0 Å². The Morgan fingerprint density at radius 1 is 0.720 bits per heavy atom. The molecule has 75 heavy (non-hydrogen) atoms. The van der Waals surface area contributed by atoms with Crippen LogP contribution >= 0.6 is 0 Å². The summed E-state index contributed by atoms with van der Waals surface area (Å²) >= 11 is 0. The maximum Gasteiger partial charge on any atom is 0.335 e. The highest BCUT2D eigenvalue weighted by Gasteiger charge is 2.73. The second kappa shape index (κ2) is 21.0. The first kappa shape index (κ1) is 58.8. The van der Waals surface area contributed by atoms with Gasteiger partial charge in [0.05, 0.1) is 43.5 Å². The number of aliphatic hydroxyl groups excluding tert-OH is 12. The molecular weight excluding hydrogens is 989 g/mol. The van der Waals surface area contributed by atoms with Crippen molar-refractivity contribution in [3.63, 3.8) is 0 Å². The van der Waals surface area contributed by atoms with Crippen LogP contribution in [0.2, 0.25) is 0 Å². The largest absolute Gasteiger partial charge is 0.479 e. The molecule has 22 nitrogen and oxygen atoms in total. The third kappa shape index (κ3) is 9.10. The molecule has 0 unspecified atom stereocenters. The van der Waals surface area contributed by atoms with E-state index in [1.54, 1.807) is 19.9 Å². The summed E-state index contributed by atoms with van der Waals surface area (Å²) in [7, 11) is 0. The first-order chi connectivity index (χ1) is 35.0. The molecule has 4 saturated carbocycles. The lowest BCUT2D eigenvalue weighted by Gasteiger charge is -2.72. The predicted molar refractivity (Wildman–Crippen MR) is 258 cm³/mol. The van der Waals surface area contributed by atoms with Crippen LogP contribution in [0.1, 0.15) is 107 Å². The first-order valence-corrected chi connectivity index (χ1v) is 26.6. The van der Waals surface area contributed by atoms with E-state index in [0.717, 1.165) is 5.57 Å². The number of esters is 1. The minimum atomic E-state index is -2.11. The number of aliphatic carboxylic acids is 1. The zero-order valence-electron chi connectivity index (χ0n) is 44.4. The van der Waals surface area contributed by atoms with Crippen molar-refractivity contribution in [1.29, 1.82) is 0 Å². The fourth-order valence-electron chi connectivity index (χ4n) is 15.9. The van der Waals surface area contributed by atoms with Gasteiger partial charge in [0, 0.05) is 16.4 Å². The number of carboxylic acids is 1. The number of rotatable bonds is 12. The summed E-state index contributed by atoms with van der Waals surface area (Å²) < 4.78 is 42.1. The average molecular weight is 1070 g/mol. The van der Waals surface area contributed by atoms with Crippen molar-refractivity contribution < 1.29 is 109 Å². The molecule has 13 N–H and O–H groups in total. The van der Waals surface area contributed by atoms with Gasteiger partial charge in [-0.2, -0.15) is 0 Å². The smallest absolute Gasteiger partial charge is 0.335 e. The van der Waals surface area contributed by atoms with Gasteiger partial charge >= 0.3 is 11.9 Å². The third-order valence-corrected chi connectivity index (χ3v) is 20.8. The SMILES string of the molecule is C/C=C(/C)C(=O)O[C@H]1[C@H](O)[C@]2(CO)[C@H](O)C[C@]3(C)C(=CC[C@@H]4[C@@]5(C)CC[C@H](O[C@@H]6O[C@H](C(=O)O)[C@@H](O[C@@H]7O[C@H](CO)[C@@H](O)[C@H](O)[C@H]7O)[C@H](O)[C@H]6O[C@@H]6O[C@H](C)[C@@H](O)[C@H](O)[C@H]6O)[C@](C)(CO)[C@@H]5CC[C@]43C)[C@@H]2CC1(C)C. The summed E-state index contributed by atoms with van der Waals surface area (Å²) in [5, 5.41) is 144. The Kier molecular flexibility index (Phi) is 16.5. The molecule has 0 aromatic rings. The topological polar surface area (TPSA) is 362 Å². The number of hydrogen-bond donors (Lipinski definition) is 13. The lowest BCUT2D eigenvalue weighted by Crippen LogP contribution is -2.72. The van der Waals surface area contributed by atoms with Gasteiger partial charge in [0.2, 0.25) is 0 Å². The maximum atomic E-state index is 13.1. The monoisotopic (exact) mass is 1070 g/mol. The quantitative estimate of drug-likeness (QED) is 0.0489. The van der Waals surface area contributed by atoms with Crippen molar-refractivity contribution >= 4 is 11.9 Å². The van der Waals surface area contributed by atoms with E-state index in [-0.39, 0.29) is 24.7 Å². The Balaban J connectivity index is 1.10. The van der Waals surface area contributed by atoms with Gasteiger partial charge in [-0.25, -0.2) is 9.59 Å². The molecule has 3 aliphatic heterocycles. The number of carbonyl (C=O) groups excluding carboxylic acids is 1. The molecule has 0 spiro atoms. The van der Waals surface area contributed by atoms with Gasteiger partial charge < -0.3 is 99.5 Å². The van der Waals surface area contributed by atoms with Crippen molar-refractivity contribution in [1.82, 2.24) is 0 Å². The summed E-state index contributed by atoms with van der Waals surface area (Å²) in [5.74, 6) is -3.02. The van der Waals surface area contributed by atoms with Crippen LogP contribution in [0.25, 0.3) is 0 Å². The summed E-state index contributed by atoms with van der Waals surface area (Å²) in [5.41, 5.74) is -3.44. The number of carboxylic acid groups (broad SMARTS) is 1. The second-order valence-electron chi connectivity index (χ2n) is 24.9. The molecule has 428 valence electrons. The molecule has 0 bridgehead atoms. The molecular formula is C53H84O22. The predicted octanol–water partition coefficient (Wildman–Crippen LogP) is -0.864. The van der Waals surface area contributed by atoms with E-state index in [9.17, 15) is 76.0 Å². The average Bonchev–Trinajstić information content (AvgIpc) is 3.36. The second-order valence-corrected chi connectivity index (χ2v) is 24.9. The van der Waals surface area contributed by atoms with E-state index < -0.39 is 187 Å². The van der Waals surface area contributed by atoms with Crippen LogP contribution in [0.5, 0.6) is 0 Å². The van der Waals surface area contributed by atoms with E-state index in [0.29, 0.717) is 37.7 Å². The number of hydrogen-bond acceptors (Lipinski definition) is 21. The summed E-state index contributed by atoms with van der Waals surface area (Å²) in [6.45, 7) is 15.3. The highest BCUT2D eigenvalue weighted by molar-refractivity contribution is 5.87. The summed E-state index contributed by atoms with van der Waals surface area (Å²) in [4.78, 5) is 26.2. The van der Waals surface area contributed by atoms with Crippen LogP contribution in [0.4, 0.5) is 0 Å². The van der Waals surface area contributed by atoms with Gasteiger partial charge in [-0.3, -0.25) is 0 Å². The molecule has 0 radical (unpaired) electrons. The lowest BCUT2D eigenvalue weighted by molar-refractivity contribution is -0.390. The molecule has 8 rings (SSSR count). The molecule has 0 aromatic carbocycles. The Bertz CT molecular complexity index is 2160. The lowest BCUT2D eigenvalue weighted by atomic mass is 9.33. The maximum absolute atomic E-state index is 13.1. The van der Waals surface area contributed by atoms with E-state index >= 15 is 0 Å². The van der Waals surface area contributed by atoms with E-state index in [1.807, 2.05) is 20.8 Å². The number of aliphatic hydroxyl groups is 12. The van der Waals surface area contributed by atoms with Crippen LogP contribution in [0.15, 0.2) is 23.3 Å². The molecule has 22 heteroatoms. The Hall–Kier alpha value is -2.30. The molecule has 3 saturated heterocycles. The molecule has 8 aliphatic rings. The Morgan fingerprint density at radius 3 is 1.95 bits per heavy atom. The third-order valence-electron chi connectivity index (χ3n) is 20.8. The van der Waals surface area contributed by atoms with Crippen molar-refractivity contribution in [3.05, 3.63) is 23.3 Å². The van der Waals surface area contributed by atoms with Crippen LogP contribution < -0.4 is 0 Å². The highest BCUT2D eigenvalue weighted by atomic mass is 16.8. The zero-order valence-corrected chi connectivity index (χ0v) is 44.4. The summed E-state index contributed by atoms with van der Waals surface area (Å²) in [6.07, 6.45) is -24.6. The van der Waals surface area contributed by atoms with Crippen LogP contribution in [0, 0.1) is 50.2 Å². The highest BCUT2D eigenvalue weighted by Crippen LogP contribution is 2.76. The first-order valence-electron chi connectivity index (χ1n) is 26.6. The number of ether oxygens (including phenoxy) is 7. The number of fused-ring (bicyclic) bond motifs is 7. The van der Waals surface area contributed by atoms with Crippen molar-refractivity contribution in [2.24, 2.45) is 50.2 Å². The minimum absolute atomic E-state index is 0.0357. The molecule has 7 fully saturated rings. The summed E-state index contributed by atoms with van der Waals surface area (Å²) in [6, 6.07) is 0. The van der Waals surface area contributed by atoms with Gasteiger partial charge in [-0.1, -0.05) is 59.3 Å². The molecule has 3 heterocycles. The molecule has 5 aliphatic carbocycles. The normalized spacial score (nSPS) is 52.8. The van der Waals surface area contributed by atoms with Crippen molar-refractivity contribution in [2.75, 3.05) is 19.8 Å². The van der Waals surface area contributed by atoms with Crippen molar-refractivity contribution in [2.45, 2.75) is 224 Å². The Labute approximate surface area is 437 Å². The fraction of sp³-hybridized carbons (Fsp3) is 0.887. The van der Waals surface area contributed by atoms with Crippen LogP contribution in [0.3, 0.4) is 0 Å². The number of carbonyl (C=O) groups is 2. The number of allylic oxidation sites excluding steroid dienone is 3. The Morgan fingerprint density at radius 2 is 1.35 bits per heavy atom.